The Morgan fingerprint density at radius 3 is 2.71 bits per heavy atom. The maximum absolute atomic E-state index is 3.61. The first kappa shape index (κ1) is 13.3. The van der Waals surface area contributed by atoms with Gasteiger partial charge in [-0.2, -0.15) is 0 Å². The molecule has 1 N–H and O–H groups in total. The number of hydrogen-bond acceptors (Lipinski definition) is 1. The molecule has 0 heterocycles. The fourth-order valence-corrected chi connectivity index (χ4v) is 3.26. The van der Waals surface area contributed by atoms with E-state index in [2.05, 4.69) is 59.1 Å². The van der Waals surface area contributed by atoms with Crippen LogP contribution in [0.25, 0.3) is 0 Å². The highest BCUT2D eigenvalue weighted by Crippen LogP contribution is 2.27. The molecule has 2 unspecified atom stereocenters. The van der Waals surface area contributed by atoms with E-state index in [-0.39, 0.29) is 0 Å². The number of hydrogen-bond donors (Lipinski definition) is 1. The van der Waals surface area contributed by atoms with E-state index in [1.54, 1.807) is 0 Å². The molecule has 2 heteroatoms. The quantitative estimate of drug-likeness (QED) is 0.815. The van der Waals surface area contributed by atoms with Gasteiger partial charge in [0.25, 0.3) is 0 Å². The van der Waals surface area contributed by atoms with Gasteiger partial charge in [-0.05, 0) is 72.0 Å². The second-order valence-electron chi connectivity index (χ2n) is 5.12. The van der Waals surface area contributed by atoms with E-state index in [1.807, 2.05) is 0 Å². The Kier molecular flexibility index (Phi) is 5.29. The molecule has 0 aliphatic heterocycles. The van der Waals surface area contributed by atoms with Crippen LogP contribution in [0.1, 0.15) is 38.2 Å². The highest BCUT2D eigenvalue weighted by molar-refractivity contribution is 14.1. The molecule has 0 spiro atoms. The summed E-state index contributed by atoms with van der Waals surface area (Å²) in [6.07, 6.45) is 6.80. The number of nitrogens with one attached hydrogen (secondary N) is 1. The van der Waals surface area contributed by atoms with Crippen LogP contribution in [-0.4, -0.2) is 12.6 Å². The molecule has 1 aromatic rings. The van der Waals surface area contributed by atoms with Crippen LogP contribution in [0.2, 0.25) is 0 Å². The monoisotopic (exact) mass is 343 g/mol. The average molecular weight is 343 g/mol. The van der Waals surface area contributed by atoms with E-state index >= 15 is 0 Å². The third kappa shape index (κ3) is 4.25. The summed E-state index contributed by atoms with van der Waals surface area (Å²) in [6, 6.07) is 9.79. The van der Waals surface area contributed by atoms with Gasteiger partial charge in [0.1, 0.15) is 0 Å². The summed E-state index contributed by atoms with van der Waals surface area (Å²) in [6.45, 7) is 3.32. The summed E-state index contributed by atoms with van der Waals surface area (Å²) in [5.41, 5.74) is 1.51. The van der Waals surface area contributed by atoms with E-state index in [0.717, 1.165) is 18.5 Å². The molecule has 0 aromatic heterocycles. The van der Waals surface area contributed by atoms with Gasteiger partial charge in [0, 0.05) is 9.61 Å². The van der Waals surface area contributed by atoms with Crippen molar-refractivity contribution >= 4 is 22.6 Å². The van der Waals surface area contributed by atoms with Crippen molar-refractivity contribution in [3.8, 4) is 0 Å². The van der Waals surface area contributed by atoms with Crippen molar-refractivity contribution in [2.45, 2.75) is 45.1 Å². The molecule has 0 amide bonds. The van der Waals surface area contributed by atoms with E-state index in [0.29, 0.717) is 0 Å². The van der Waals surface area contributed by atoms with Crippen molar-refractivity contribution < 1.29 is 0 Å². The summed E-state index contributed by atoms with van der Waals surface area (Å²) >= 11 is 2.37. The molecule has 1 aliphatic rings. The van der Waals surface area contributed by atoms with Gasteiger partial charge in [0.15, 0.2) is 0 Å². The van der Waals surface area contributed by atoms with Gasteiger partial charge in [0.05, 0.1) is 0 Å². The zero-order valence-corrected chi connectivity index (χ0v) is 12.7. The van der Waals surface area contributed by atoms with Gasteiger partial charge >= 0.3 is 0 Å². The number of benzene rings is 1. The minimum Gasteiger partial charge on any atom is -0.314 e. The maximum Gasteiger partial charge on any atom is 0.0130 e. The highest BCUT2D eigenvalue weighted by Gasteiger charge is 2.21. The number of rotatable bonds is 4. The molecule has 1 nitrogen and oxygen atoms in total. The van der Waals surface area contributed by atoms with E-state index in [4.69, 9.17) is 0 Å². The van der Waals surface area contributed by atoms with Crippen LogP contribution in [0.4, 0.5) is 0 Å². The average Bonchev–Trinajstić information content (AvgIpc) is 2.33. The zero-order valence-electron chi connectivity index (χ0n) is 10.6. The summed E-state index contributed by atoms with van der Waals surface area (Å²) in [5.74, 6) is 0.882. The Labute approximate surface area is 119 Å². The Bertz CT molecular complexity index is 331. The molecule has 1 saturated carbocycles. The van der Waals surface area contributed by atoms with Gasteiger partial charge in [-0.25, -0.2) is 0 Å². The van der Waals surface area contributed by atoms with Crippen molar-refractivity contribution in [2.75, 3.05) is 6.54 Å². The Morgan fingerprint density at radius 1 is 1.24 bits per heavy atom. The first-order chi connectivity index (χ1) is 8.28. The number of halogens is 1. The Balaban J connectivity index is 1.87. The summed E-state index contributed by atoms with van der Waals surface area (Å²) < 4.78 is 1.33. The largest absolute Gasteiger partial charge is 0.314 e. The second-order valence-corrected chi connectivity index (χ2v) is 6.36. The molecule has 0 radical (unpaired) electrons. The van der Waals surface area contributed by atoms with Gasteiger partial charge in [-0.1, -0.05) is 31.9 Å². The lowest BCUT2D eigenvalue weighted by Crippen LogP contribution is -2.34. The standard InChI is InChI=1S/C15H22IN/c1-2-17-15-5-3-4-13(11-15)10-12-6-8-14(16)9-7-12/h6-9,13,15,17H,2-5,10-11H2,1H3. The predicted molar refractivity (Wildman–Crippen MR) is 82.3 cm³/mol. The topological polar surface area (TPSA) is 12.0 Å². The summed E-state index contributed by atoms with van der Waals surface area (Å²) in [7, 11) is 0. The summed E-state index contributed by atoms with van der Waals surface area (Å²) in [4.78, 5) is 0. The molecule has 94 valence electrons. The molecule has 0 bridgehead atoms. The first-order valence-corrected chi connectivity index (χ1v) is 7.83. The fraction of sp³-hybridized carbons (Fsp3) is 0.600. The Hall–Kier alpha value is -0.0900. The molecule has 1 aliphatic carbocycles. The van der Waals surface area contributed by atoms with Crippen LogP contribution in [0.3, 0.4) is 0 Å². The van der Waals surface area contributed by atoms with E-state index < -0.39 is 0 Å². The third-order valence-corrected chi connectivity index (χ3v) is 4.43. The highest BCUT2D eigenvalue weighted by atomic mass is 127. The van der Waals surface area contributed by atoms with Crippen molar-refractivity contribution in [1.29, 1.82) is 0 Å². The van der Waals surface area contributed by atoms with Gasteiger partial charge < -0.3 is 5.32 Å². The zero-order chi connectivity index (χ0) is 12.1. The third-order valence-electron chi connectivity index (χ3n) is 3.71. The van der Waals surface area contributed by atoms with Crippen LogP contribution in [0, 0.1) is 9.49 Å². The van der Waals surface area contributed by atoms with Crippen molar-refractivity contribution in [3.63, 3.8) is 0 Å². The Morgan fingerprint density at radius 2 is 2.00 bits per heavy atom. The first-order valence-electron chi connectivity index (χ1n) is 6.75. The second kappa shape index (κ2) is 6.74. The SMILES string of the molecule is CCNC1CCCC(Cc2ccc(I)cc2)C1. The normalized spacial score (nSPS) is 24.8. The van der Waals surface area contributed by atoms with Gasteiger partial charge in [-0.15, -0.1) is 0 Å². The van der Waals surface area contributed by atoms with E-state index in [1.165, 1.54) is 41.2 Å². The lowest BCUT2D eigenvalue weighted by atomic mass is 9.82. The van der Waals surface area contributed by atoms with Crippen molar-refractivity contribution in [3.05, 3.63) is 33.4 Å². The molecular formula is C15H22IN. The molecule has 17 heavy (non-hydrogen) atoms. The molecule has 2 atom stereocenters. The molecule has 1 fully saturated rings. The molecule has 0 saturated heterocycles. The predicted octanol–water partition coefficient (Wildman–Crippen LogP) is 4.00. The smallest absolute Gasteiger partial charge is 0.0130 e. The van der Waals surface area contributed by atoms with Crippen molar-refractivity contribution in [2.24, 2.45) is 5.92 Å². The van der Waals surface area contributed by atoms with Crippen LogP contribution in [0.5, 0.6) is 0 Å². The van der Waals surface area contributed by atoms with Crippen molar-refractivity contribution in [1.82, 2.24) is 5.32 Å². The summed E-state index contributed by atoms with van der Waals surface area (Å²) in [5, 5.41) is 3.61. The fourth-order valence-electron chi connectivity index (χ4n) is 2.90. The lowest BCUT2D eigenvalue weighted by molar-refractivity contribution is 0.287. The maximum atomic E-state index is 3.61. The van der Waals surface area contributed by atoms with Crippen LogP contribution < -0.4 is 5.32 Å². The minimum absolute atomic E-state index is 0.766. The van der Waals surface area contributed by atoms with E-state index in [9.17, 15) is 0 Å². The molecule has 1 aromatic carbocycles. The van der Waals surface area contributed by atoms with Gasteiger partial charge in [0.2, 0.25) is 0 Å². The minimum atomic E-state index is 0.766. The molecule has 2 rings (SSSR count). The van der Waals surface area contributed by atoms with Crippen LogP contribution >= 0.6 is 22.6 Å². The van der Waals surface area contributed by atoms with Crippen LogP contribution in [0.15, 0.2) is 24.3 Å². The molecular weight excluding hydrogens is 321 g/mol. The van der Waals surface area contributed by atoms with Gasteiger partial charge in [-0.3, -0.25) is 0 Å². The lowest BCUT2D eigenvalue weighted by Gasteiger charge is -2.29. The van der Waals surface area contributed by atoms with Crippen LogP contribution in [-0.2, 0) is 6.42 Å².